The smallest absolute Gasteiger partial charge is 0.282 e. The van der Waals surface area contributed by atoms with Gasteiger partial charge < -0.3 is 4.42 Å². The summed E-state index contributed by atoms with van der Waals surface area (Å²) in [4.78, 5) is 0. The lowest BCUT2D eigenvalue weighted by Crippen LogP contribution is -2.41. The maximum atomic E-state index is 12.7. The molecule has 22 heavy (non-hydrogen) atoms. The van der Waals surface area contributed by atoms with Crippen molar-refractivity contribution in [1.82, 2.24) is 8.61 Å². The van der Waals surface area contributed by atoms with Gasteiger partial charge in [0.15, 0.2) is 0 Å². The highest BCUT2D eigenvalue weighted by Crippen LogP contribution is 2.47. The molecule has 2 fully saturated rings. The van der Waals surface area contributed by atoms with Gasteiger partial charge in [0.1, 0.15) is 11.5 Å². The fraction of sp³-hybridized carbons (Fsp3) is 0.750. The minimum absolute atomic E-state index is 0.305. The SMILES string of the molecule is C[C@H]1C[C@@H]1c1ccc(CN(C)S(=O)(=O)N2CCCCCC2)o1. The summed E-state index contributed by atoms with van der Waals surface area (Å²) in [5.74, 6) is 2.96. The average molecular weight is 326 g/mol. The lowest BCUT2D eigenvalue weighted by Gasteiger charge is -2.25. The van der Waals surface area contributed by atoms with E-state index in [4.69, 9.17) is 4.42 Å². The van der Waals surface area contributed by atoms with Gasteiger partial charge in [-0.2, -0.15) is 17.0 Å². The topological polar surface area (TPSA) is 53.8 Å². The van der Waals surface area contributed by atoms with Crippen molar-refractivity contribution in [3.8, 4) is 0 Å². The second kappa shape index (κ2) is 6.34. The molecule has 2 heterocycles. The summed E-state index contributed by atoms with van der Waals surface area (Å²) in [6.45, 7) is 3.79. The van der Waals surface area contributed by atoms with E-state index < -0.39 is 10.2 Å². The van der Waals surface area contributed by atoms with Crippen LogP contribution in [0, 0.1) is 5.92 Å². The zero-order chi connectivity index (χ0) is 15.7. The maximum absolute atomic E-state index is 12.7. The fourth-order valence-corrected chi connectivity index (χ4v) is 4.57. The van der Waals surface area contributed by atoms with Crippen LogP contribution in [0.15, 0.2) is 16.5 Å². The molecule has 0 aromatic carbocycles. The van der Waals surface area contributed by atoms with Crippen molar-refractivity contribution in [3.05, 3.63) is 23.7 Å². The molecular formula is C16H26N2O3S. The number of rotatable bonds is 5. The van der Waals surface area contributed by atoms with E-state index in [1.54, 1.807) is 11.4 Å². The molecule has 0 spiro atoms. The molecule has 3 rings (SSSR count). The highest BCUT2D eigenvalue weighted by molar-refractivity contribution is 7.86. The summed E-state index contributed by atoms with van der Waals surface area (Å²) in [5.41, 5.74) is 0. The van der Waals surface area contributed by atoms with Crippen LogP contribution in [0.5, 0.6) is 0 Å². The van der Waals surface area contributed by atoms with E-state index in [2.05, 4.69) is 6.92 Å². The first-order valence-electron chi connectivity index (χ1n) is 8.28. The van der Waals surface area contributed by atoms with Crippen molar-refractivity contribution in [2.45, 2.75) is 51.5 Å². The predicted octanol–water partition coefficient (Wildman–Crippen LogP) is 2.96. The molecule has 1 aromatic rings. The van der Waals surface area contributed by atoms with Gasteiger partial charge in [0, 0.05) is 26.1 Å². The van der Waals surface area contributed by atoms with E-state index >= 15 is 0 Å². The number of nitrogens with zero attached hydrogens (tertiary/aromatic N) is 2. The molecule has 0 bridgehead atoms. The van der Waals surface area contributed by atoms with Gasteiger partial charge in [-0.1, -0.05) is 19.8 Å². The summed E-state index contributed by atoms with van der Waals surface area (Å²) < 4.78 is 34.2. The molecule has 2 aliphatic rings. The first-order valence-corrected chi connectivity index (χ1v) is 9.68. The summed E-state index contributed by atoms with van der Waals surface area (Å²) >= 11 is 0. The summed E-state index contributed by atoms with van der Waals surface area (Å²) in [5, 5.41) is 0. The molecule has 1 aliphatic carbocycles. The van der Waals surface area contributed by atoms with E-state index in [1.165, 1.54) is 10.7 Å². The highest BCUT2D eigenvalue weighted by atomic mass is 32.2. The van der Waals surface area contributed by atoms with Gasteiger partial charge in [-0.05, 0) is 37.3 Å². The van der Waals surface area contributed by atoms with Crippen LogP contribution in [0.4, 0.5) is 0 Å². The second-order valence-electron chi connectivity index (χ2n) is 6.70. The number of hydrogen-bond donors (Lipinski definition) is 0. The third-order valence-electron chi connectivity index (χ3n) is 4.82. The van der Waals surface area contributed by atoms with Crippen LogP contribution >= 0.6 is 0 Å². The highest BCUT2D eigenvalue weighted by Gasteiger charge is 2.37. The minimum atomic E-state index is -3.38. The third-order valence-corrected chi connectivity index (χ3v) is 6.76. The van der Waals surface area contributed by atoms with Crippen molar-refractivity contribution < 1.29 is 12.8 Å². The Morgan fingerprint density at radius 2 is 1.86 bits per heavy atom. The molecule has 1 aromatic heterocycles. The van der Waals surface area contributed by atoms with Gasteiger partial charge in [-0.25, -0.2) is 0 Å². The minimum Gasteiger partial charge on any atom is -0.464 e. The predicted molar refractivity (Wildman–Crippen MR) is 85.7 cm³/mol. The number of hydrogen-bond acceptors (Lipinski definition) is 3. The van der Waals surface area contributed by atoms with Crippen molar-refractivity contribution >= 4 is 10.2 Å². The van der Waals surface area contributed by atoms with Gasteiger partial charge in [0.05, 0.1) is 6.54 Å². The Kier molecular flexibility index (Phi) is 4.61. The summed E-state index contributed by atoms with van der Waals surface area (Å²) in [7, 11) is -1.74. The van der Waals surface area contributed by atoms with Crippen LogP contribution in [0.3, 0.4) is 0 Å². The Hall–Kier alpha value is -0.850. The molecular weight excluding hydrogens is 300 g/mol. The molecule has 0 unspecified atom stereocenters. The van der Waals surface area contributed by atoms with E-state index in [0.717, 1.165) is 37.2 Å². The van der Waals surface area contributed by atoms with E-state index in [1.807, 2.05) is 12.1 Å². The first kappa shape index (κ1) is 16.0. The molecule has 5 nitrogen and oxygen atoms in total. The fourth-order valence-electron chi connectivity index (χ4n) is 3.17. The van der Waals surface area contributed by atoms with Crippen LogP contribution in [0.1, 0.15) is 56.5 Å². The van der Waals surface area contributed by atoms with Crippen LogP contribution in [-0.2, 0) is 16.8 Å². The van der Waals surface area contributed by atoms with Crippen LogP contribution in [0.25, 0.3) is 0 Å². The van der Waals surface area contributed by atoms with Gasteiger partial charge in [0.2, 0.25) is 0 Å². The van der Waals surface area contributed by atoms with Gasteiger partial charge in [0.25, 0.3) is 10.2 Å². The van der Waals surface area contributed by atoms with Crippen molar-refractivity contribution in [3.63, 3.8) is 0 Å². The summed E-state index contributed by atoms with van der Waals surface area (Å²) in [6.07, 6.45) is 5.33. The Labute approximate surface area is 133 Å². The molecule has 0 radical (unpaired) electrons. The molecule has 0 N–H and O–H groups in total. The maximum Gasteiger partial charge on any atom is 0.282 e. The Morgan fingerprint density at radius 1 is 1.23 bits per heavy atom. The first-order chi connectivity index (χ1) is 10.5. The van der Waals surface area contributed by atoms with Crippen LogP contribution in [0.2, 0.25) is 0 Å². The molecule has 1 saturated carbocycles. The van der Waals surface area contributed by atoms with Crippen molar-refractivity contribution in [1.29, 1.82) is 0 Å². The number of furan rings is 1. The van der Waals surface area contributed by atoms with E-state index in [0.29, 0.717) is 31.5 Å². The Morgan fingerprint density at radius 3 is 2.45 bits per heavy atom. The molecule has 0 amide bonds. The van der Waals surface area contributed by atoms with Gasteiger partial charge >= 0.3 is 0 Å². The Bertz CT molecular complexity index is 603. The largest absolute Gasteiger partial charge is 0.464 e. The lowest BCUT2D eigenvalue weighted by atomic mass is 10.2. The molecule has 1 aliphatic heterocycles. The van der Waals surface area contributed by atoms with E-state index in [-0.39, 0.29) is 0 Å². The van der Waals surface area contributed by atoms with Gasteiger partial charge in [-0.3, -0.25) is 0 Å². The average Bonchev–Trinajstić information content (AvgIpc) is 3.14. The van der Waals surface area contributed by atoms with E-state index in [9.17, 15) is 8.42 Å². The Balaban J connectivity index is 1.64. The molecule has 6 heteroatoms. The van der Waals surface area contributed by atoms with Crippen LogP contribution < -0.4 is 0 Å². The zero-order valence-electron chi connectivity index (χ0n) is 13.5. The van der Waals surface area contributed by atoms with Crippen LogP contribution in [-0.4, -0.2) is 37.2 Å². The monoisotopic (exact) mass is 326 g/mol. The lowest BCUT2D eigenvalue weighted by molar-refractivity contribution is 0.341. The quantitative estimate of drug-likeness (QED) is 0.836. The van der Waals surface area contributed by atoms with Crippen molar-refractivity contribution in [2.75, 3.05) is 20.1 Å². The zero-order valence-corrected chi connectivity index (χ0v) is 14.3. The molecule has 2 atom stereocenters. The van der Waals surface area contributed by atoms with Crippen molar-refractivity contribution in [2.24, 2.45) is 5.92 Å². The third kappa shape index (κ3) is 3.39. The molecule has 124 valence electrons. The normalized spacial score (nSPS) is 27.0. The second-order valence-corrected chi connectivity index (χ2v) is 8.74. The molecule has 1 saturated heterocycles. The summed E-state index contributed by atoms with van der Waals surface area (Å²) in [6, 6.07) is 3.91. The van der Waals surface area contributed by atoms with Gasteiger partial charge in [-0.15, -0.1) is 0 Å². The standard InChI is InChI=1S/C16H26N2O3S/c1-13-11-15(13)16-8-7-14(21-16)12-17(2)22(19,20)18-9-5-3-4-6-10-18/h7-8,13,15H,3-6,9-12H2,1-2H3/t13-,15-/m0/s1.